The molecule has 1 aromatic carbocycles. The summed E-state index contributed by atoms with van der Waals surface area (Å²) < 4.78 is 5.36. The number of amides is 1. The third-order valence-corrected chi connectivity index (χ3v) is 5.04. The minimum Gasteiger partial charge on any atom is -0.460 e. The van der Waals surface area contributed by atoms with Crippen LogP contribution in [-0.4, -0.2) is 23.3 Å². The van der Waals surface area contributed by atoms with Crippen molar-refractivity contribution in [1.29, 1.82) is 0 Å². The lowest BCUT2D eigenvalue weighted by Gasteiger charge is -2.31. The molecule has 0 radical (unpaired) electrons. The van der Waals surface area contributed by atoms with Gasteiger partial charge in [-0.05, 0) is 51.7 Å². The standard InChI is InChI=1S/C23H27NO4/c1-14-10-16-12-17(11-15-8-6-5-7-9-15)22(27)24-20(16)21(26)18(14)13-19(25)28-23(2,3)4/h5-10,17-18H,11-13H2,1-4H3,(H,24,27). The zero-order valence-electron chi connectivity index (χ0n) is 16.9. The highest BCUT2D eigenvalue weighted by Gasteiger charge is 2.38. The molecule has 2 unspecified atom stereocenters. The van der Waals surface area contributed by atoms with Gasteiger partial charge in [0, 0.05) is 5.92 Å². The number of esters is 1. The van der Waals surface area contributed by atoms with Crippen molar-refractivity contribution in [2.45, 2.75) is 52.6 Å². The molecule has 0 bridgehead atoms. The third-order valence-electron chi connectivity index (χ3n) is 5.04. The molecule has 1 heterocycles. The number of Topliss-reactive ketones (excluding diaryl/α,β-unsaturated/α-hetero) is 1. The maximum absolute atomic E-state index is 13.0. The largest absolute Gasteiger partial charge is 0.460 e. The Morgan fingerprint density at radius 1 is 1.18 bits per heavy atom. The Morgan fingerprint density at radius 2 is 1.86 bits per heavy atom. The summed E-state index contributed by atoms with van der Waals surface area (Å²) in [5.41, 5.74) is 2.53. The number of rotatable bonds is 4. The van der Waals surface area contributed by atoms with Crippen LogP contribution in [0.25, 0.3) is 0 Å². The topological polar surface area (TPSA) is 72.5 Å². The lowest BCUT2D eigenvalue weighted by Crippen LogP contribution is -2.43. The van der Waals surface area contributed by atoms with Crippen LogP contribution in [0.4, 0.5) is 0 Å². The van der Waals surface area contributed by atoms with Crippen molar-refractivity contribution >= 4 is 17.7 Å². The highest BCUT2D eigenvalue weighted by molar-refractivity contribution is 6.06. The average molecular weight is 381 g/mol. The van der Waals surface area contributed by atoms with E-state index >= 15 is 0 Å². The Hall–Kier alpha value is -2.69. The molecular formula is C23H27NO4. The minimum absolute atomic E-state index is 0.0153. The number of carbonyl (C=O) groups is 3. The zero-order valence-corrected chi connectivity index (χ0v) is 16.9. The van der Waals surface area contributed by atoms with E-state index in [9.17, 15) is 14.4 Å². The summed E-state index contributed by atoms with van der Waals surface area (Å²) in [5, 5.41) is 2.80. The van der Waals surface area contributed by atoms with Crippen molar-refractivity contribution in [2.75, 3.05) is 0 Å². The quantitative estimate of drug-likeness (QED) is 0.811. The molecule has 2 atom stereocenters. The lowest BCUT2D eigenvalue weighted by molar-refractivity contribution is -0.156. The van der Waals surface area contributed by atoms with E-state index in [4.69, 9.17) is 4.74 Å². The molecule has 0 saturated heterocycles. The molecule has 5 heteroatoms. The zero-order chi connectivity index (χ0) is 20.5. The second-order valence-corrected chi connectivity index (χ2v) is 8.58. The van der Waals surface area contributed by atoms with E-state index in [1.807, 2.05) is 43.3 Å². The van der Waals surface area contributed by atoms with Crippen LogP contribution in [0.5, 0.6) is 0 Å². The lowest BCUT2D eigenvalue weighted by atomic mass is 9.78. The monoisotopic (exact) mass is 381 g/mol. The van der Waals surface area contributed by atoms with Gasteiger partial charge in [-0.25, -0.2) is 0 Å². The maximum Gasteiger partial charge on any atom is 0.307 e. The summed E-state index contributed by atoms with van der Waals surface area (Å²) in [5.74, 6) is -1.54. The average Bonchev–Trinajstić information content (AvgIpc) is 2.60. The van der Waals surface area contributed by atoms with E-state index < -0.39 is 17.5 Å². The van der Waals surface area contributed by atoms with Gasteiger partial charge in [0.05, 0.1) is 18.0 Å². The van der Waals surface area contributed by atoms with Gasteiger partial charge in [0.1, 0.15) is 5.60 Å². The fourth-order valence-electron chi connectivity index (χ4n) is 3.74. The summed E-state index contributed by atoms with van der Waals surface area (Å²) in [6.45, 7) is 7.25. The SMILES string of the molecule is CC1=CC2=C(NC(=O)C(Cc3ccccc3)C2)C(=O)C1CC(=O)OC(C)(C)C. The van der Waals surface area contributed by atoms with Crippen molar-refractivity contribution in [3.8, 4) is 0 Å². The van der Waals surface area contributed by atoms with Gasteiger partial charge in [0.25, 0.3) is 0 Å². The molecule has 0 spiro atoms. The molecule has 1 aliphatic heterocycles. The molecular weight excluding hydrogens is 354 g/mol. The molecule has 28 heavy (non-hydrogen) atoms. The molecule has 1 N–H and O–H groups in total. The first kappa shape index (κ1) is 20.1. The van der Waals surface area contributed by atoms with E-state index in [0.717, 1.165) is 16.7 Å². The van der Waals surface area contributed by atoms with Crippen molar-refractivity contribution in [3.05, 3.63) is 58.8 Å². The van der Waals surface area contributed by atoms with E-state index in [1.54, 1.807) is 20.8 Å². The Bertz CT molecular complexity index is 858. The van der Waals surface area contributed by atoms with Crippen LogP contribution in [0.1, 0.15) is 46.1 Å². The number of hydrogen-bond acceptors (Lipinski definition) is 4. The van der Waals surface area contributed by atoms with E-state index in [1.165, 1.54) is 0 Å². The Balaban J connectivity index is 1.74. The summed E-state index contributed by atoms with van der Waals surface area (Å²) in [4.78, 5) is 37.7. The molecule has 0 aromatic heterocycles. The highest BCUT2D eigenvalue weighted by Crippen LogP contribution is 2.34. The van der Waals surface area contributed by atoms with Gasteiger partial charge in [0.15, 0.2) is 5.78 Å². The number of nitrogens with one attached hydrogen (secondary N) is 1. The molecule has 2 aliphatic rings. The van der Waals surface area contributed by atoms with Crippen molar-refractivity contribution < 1.29 is 19.1 Å². The predicted molar refractivity (Wildman–Crippen MR) is 106 cm³/mol. The first-order chi connectivity index (χ1) is 13.1. The van der Waals surface area contributed by atoms with Crippen LogP contribution in [0.3, 0.4) is 0 Å². The Morgan fingerprint density at radius 3 is 2.50 bits per heavy atom. The second-order valence-electron chi connectivity index (χ2n) is 8.58. The third kappa shape index (κ3) is 4.58. The smallest absolute Gasteiger partial charge is 0.307 e. The first-order valence-electron chi connectivity index (χ1n) is 9.66. The maximum atomic E-state index is 13.0. The van der Waals surface area contributed by atoms with Gasteiger partial charge in [0.2, 0.25) is 5.91 Å². The summed E-state index contributed by atoms with van der Waals surface area (Å²) in [6, 6.07) is 9.86. The van der Waals surface area contributed by atoms with Crippen LogP contribution in [-0.2, 0) is 25.5 Å². The normalized spacial score (nSPS) is 22.4. The van der Waals surface area contributed by atoms with Gasteiger partial charge in [-0.3, -0.25) is 14.4 Å². The van der Waals surface area contributed by atoms with Crippen molar-refractivity contribution in [1.82, 2.24) is 5.32 Å². The van der Waals surface area contributed by atoms with Crippen LogP contribution < -0.4 is 5.32 Å². The number of hydrogen-bond donors (Lipinski definition) is 1. The van der Waals surface area contributed by atoms with Crippen LogP contribution >= 0.6 is 0 Å². The molecule has 5 nitrogen and oxygen atoms in total. The number of ketones is 1. The van der Waals surface area contributed by atoms with E-state index in [2.05, 4.69) is 5.32 Å². The van der Waals surface area contributed by atoms with E-state index in [0.29, 0.717) is 18.5 Å². The Kier molecular flexibility index (Phi) is 5.54. The van der Waals surface area contributed by atoms with Crippen LogP contribution in [0, 0.1) is 11.8 Å². The van der Waals surface area contributed by atoms with Gasteiger partial charge >= 0.3 is 5.97 Å². The van der Waals surface area contributed by atoms with Gasteiger partial charge in [-0.15, -0.1) is 0 Å². The molecule has 0 fully saturated rings. The van der Waals surface area contributed by atoms with Gasteiger partial charge in [-0.1, -0.05) is 42.0 Å². The summed E-state index contributed by atoms with van der Waals surface area (Å²) in [7, 11) is 0. The predicted octanol–water partition coefficient (Wildman–Crippen LogP) is 3.50. The summed E-state index contributed by atoms with van der Waals surface area (Å²) in [6.07, 6.45) is 3.09. The molecule has 1 amide bonds. The number of ether oxygens (including phenoxy) is 1. The molecule has 3 rings (SSSR count). The number of benzene rings is 1. The van der Waals surface area contributed by atoms with E-state index in [-0.39, 0.29) is 24.0 Å². The van der Waals surface area contributed by atoms with Crippen molar-refractivity contribution in [3.63, 3.8) is 0 Å². The Labute approximate surface area is 165 Å². The molecule has 0 saturated carbocycles. The number of allylic oxidation sites excluding steroid dienone is 4. The molecule has 1 aromatic rings. The molecule has 1 aliphatic carbocycles. The first-order valence-corrected chi connectivity index (χ1v) is 9.66. The van der Waals surface area contributed by atoms with Crippen molar-refractivity contribution in [2.24, 2.45) is 11.8 Å². The fraction of sp³-hybridized carbons (Fsp3) is 0.435. The van der Waals surface area contributed by atoms with Gasteiger partial charge in [-0.2, -0.15) is 0 Å². The van der Waals surface area contributed by atoms with Crippen LogP contribution in [0.15, 0.2) is 53.3 Å². The minimum atomic E-state index is -0.597. The number of carbonyl (C=O) groups excluding carboxylic acids is 3. The molecule has 148 valence electrons. The van der Waals surface area contributed by atoms with Gasteiger partial charge < -0.3 is 10.1 Å². The highest BCUT2D eigenvalue weighted by atomic mass is 16.6. The second kappa shape index (κ2) is 7.74. The van der Waals surface area contributed by atoms with Crippen LogP contribution in [0.2, 0.25) is 0 Å². The fourth-order valence-corrected chi connectivity index (χ4v) is 3.74. The summed E-state index contributed by atoms with van der Waals surface area (Å²) >= 11 is 0.